The molecule has 1 aromatic carbocycles. The number of aliphatic hydroxyl groups is 4. The summed E-state index contributed by atoms with van der Waals surface area (Å²) in [7, 11) is 1.21. The van der Waals surface area contributed by atoms with Crippen LogP contribution in [-0.2, 0) is 30.2 Å². The highest BCUT2D eigenvalue weighted by Gasteiger charge is 2.56. The third-order valence-corrected chi connectivity index (χ3v) is 7.24. The van der Waals surface area contributed by atoms with E-state index in [0.717, 1.165) is 5.56 Å². The molecular formula is C27H36O10. The number of rotatable bonds is 11. The zero-order valence-electron chi connectivity index (χ0n) is 20.8. The van der Waals surface area contributed by atoms with Crippen molar-refractivity contribution < 1.29 is 49.3 Å². The van der Waals surface area contributed by atoms with Gasteiger partial charge in [0.1, 0.15) is 23.9 Å². The first-order valence-electron chi connectivity index (χ1n) is 12.3. The second-order valence-electron chi connectivity index (χ2n) is 9.53. The third-order valence-electron chi connectivity index (χ3n) is 7.24. The molecule has 0 aromatic heterocycles. The van der Waals surface area contributed by atoms with E-state index >= 15 is 0 Å². The molecule has 10 heteroatoms. The molecule has 0 radical (unpaired) electrons. The van der Waals surface area contributed by atoms with Crippen molar-refractivity contribution in [1.29, 1.82) is 0 Å². The van der Waals surface area contributed by atoms with Crippen LogP contribution in [0.15, 0.2) is 54.6 Å². The molecular weight excluding hydrogens is 484 g/mol. The number of hydrogen-bond donors (Lipinski definition) is 5. The van der Waals surface area contributed by atoms with Crippen LogP contribution in [0.2, 0.25) is 0 Å². The highest BCUT2D eigenvalue weighted by molar-refractivity contribution is 5.90. The number of esters is 1. The summed E-state index contributed by atoms with van der Waals surface area (Å²) in [5.74, 6) is -3.25. The lowest BCUT2D eigenvalue weighted by Crippen LogP contribution is -2.67. The molecule has 1 fully saturated rings. The van der Waals surface area contributed by atoms with Gasteiger partial charge in [0, 0.05) is 17.4 Å². The topological polar surface area (TPSA) is 163 Å². The van der Waals surface area contributed by atoms with Gasteiger partial charge in [-0.15, -0.1) is 6.58 Å². The van der Waals surface area contributed by atoms with Crippen LogP contribution in [0, 0.1) is 11.8 Å². The number of aliphatic hydroxyl groups excluding tert-OH is 3. The maximum Gasteiger partial charge on any atom is 0.333 e. The Hall–Kier alpha value is -2.60. The van der Waals surface area contributed by atoms with Gasteiger partial charge in [0.05, 0.1) is 26.2 Å². The molecule has 37 heavy (non-hydrogen) atoms. The molecule has 5 N–H and O–H groups in total. The number of aryl methyl sites for hydroxylation is 1. The molecule has 3 rings (SSSR count). The normalized spacial score (nSPS) is 33.9. The van der Waals surface area contributed by atoms with Gasteiger partial charge in [-0.2, -0.15) is 0 Å². The fraction of sp³-hybridized carbons (Fsp3) is 0.556. The predicted octanol–water partition coefficient (Wildman–Crippen LogP) is 0.961. The largest absolute Gasteiger partial charge is 0.481 e. The molecule has 10 nitrogen and oxygen atoms in total. The van der Waals surface area contributed by atoms with E-state index in [1.807, 2.05) is 30.3 Å². The van der Waals surface area contributed by atoms with Gasteiger partial charge in [-0.25, -0.2) is 4.79 Å². The molecule has 204 valence electrons. The number of carboxylic acid groups (broad SMARTS) is 1. The minimum absolute atomic E-state index is 0.0101. The number of aliphatic carboxylic acids is 1. The van der Waals surface area contributed by atoms with Gasteiger partial charge in [-0.1, -0.05) is 42.5 Å². The van der Waals surface area contributed by atoms with Gasteiger partial charge >= 0.3 is 11.9 Å². The van der Waals surface area contributed by atoms with Gasteiger partial charge in [0.2, 0.25) is 0 Å². The van der Waals surface area contributed by atoms with Gasteiger partial charge in [0.25, 0.3) is 0 Å². The van der Waals surface area contributed by atoms with E-state index in [0.29, 0.717) is 12.8 Å². The fourth-order valence-electron chi connectivity index (χ4n) is 5.21. The number of hydrogen-bond acceptors (Lipinski definition) is 9. The molecule has 0 spiro atoms. The Kier molecular flexibility index (Phi) is 10.00. The summed E-state index contributed by atoms with van der Waals surface area (Å²) in [6.45, 7) is 3.17. The van der Waals surface area contributed by atoms with Gasteiger partial charge in [-0.3, -0.25) is 4.79 Å². The van der Waals surface area contributed by atoms with Gasteiger partial charge in [0.15, 0.2) is 6.29 Å². The first-order valence-corrected chi connectivity index (χ1v) is 12.3. The Bertz CT molecular complexity index is 963. The predicted molar refractivity (Wildman–Crippen MR) is 131 cm³/mol. The average Bonchev–Trinajstić information content (AvgIpc) is 2.89. The molecule has 1 aliphatic heterocycles. The van der Waals surface area contributed by atoms with Crippen molar-refractivity contribution in [2.75, 3.05) is 13.7 Å². The molecule has 1 saturated heterocycles. The Morgan fingerprint density at radius 3 is 2.54 bits per heavy atom. The molecule has 8 unspecified atom stereocenters. The lowest BCUT2D eigenvalue weighted by molar-refractivity contribution is -0.354. The fourth-order valence-corrected chi connectivity index (χ4v) is 5.21. The molecule has 0 saturated carbocycles. The first kappa shape index (κ1) is 29.0. The third kappa shape index (κ3) is 6.46. The molecule has 8 atom stereocenters. The summed E-state index contributed by atoms with van der Waals surface area (Å²) in [5, 5.41) is 52.1. The van der Waals surface area contributed by atoms with Crippen LogP contribution in [0.3, 0.4) is 0 Å². The molecule has 1 heterocycles. The molecule has 0 amide bonds. The van der Waals surface area contributed by atoms with Gasteiger partial charge < -0.3 is 39.7 Å². The quantitative estimate of drug-likeness (QED) is 0.210. The van der Waals surface area contributed by atoms with Gasteiger partial charge in [-0.05, 0) is 31.2 Å². The first-order chi connectivity index (χ1) is 17.7. The van der Waals surface area contributed by atoms with E-state index in [-0.39, 0.29) is 24.8 Å². The number of carboxylic acids is 1. The van der Waals surface area contributed by atoms with Crippen LogP contribution >= 0.6 is 0 Å². The summed E-state index contributed by atoms with van der Waals surface area (Å²) in [5.41, 5.74) is -0.805. The van der Waals surface area contributed by atoms with E-state index in [4.69, 9.17) is 14.2 Å². The van der Waals surface area contributed by atoms with Crippen molar-refractivity contribution in [3.63, 3.8) is 0 Å². The van der Waals surface area contributed by atoms with Crippen molar-refractivity contribution in [3.8, 4) is 0 Å². The lowest BCUT2D eigenvalue weighted by atomic mass is 9.74. The number of carbonyl (C=O) groups excluding carboxylic acids is 1. The minimum atomic E-state index is -2.03. The van der Waals surface area contributed by atoms with Crippen LogP contribution < -0.4 is 0 Å². The van der Waals surface area contributed by atoms with Crippen LogP contribution in [-0.4, -0.2) is 87.5 Å². The van der Waals surface area contributed by atoms with Crippen molar-refractivity contribution in [2.24, 2.45) is 11.8 Å². The highest BCUT2D eigenvalue weighted by Crippen LogP contribution is 2.41. The number of carbonyl (C=O) groups is 2. The van der Waals surface area contributed by atoms with Crippen molar-refractivity contribution in [3.05, 3.63) is 60.2 Å². The summed E-state index contributed by atoms with van der Waals surface area (Å²) >= 11 is 0. The molecule has 2 aliphatic rings. The van der Waals surface area contributed by atoms with Crippen LogP contribution in [0.25, 0.3) is 0 Å². The highest BCUT2D eigenvalue weighted by atomic mass is 16.7. The maximum atomic E-state index is 12.3. The number of ether oxygens (including phenoxy) is 3. The Morgan fingerprint density at radius 1 is 1.24 bits per heavy atom. The Labute approximate surface area is 215 Å². The van der Waals surface area contributed by atoms with Crippen LogP contribution in [0.5, 0.6) is 0 Å². The lowest BCUT2D eigenvalue weighted by Gasteiger charge is -2.49. The van der Waals surface area contributed by atoms with E-state index in [1.165, 1.54) is 19.3 Å². The van der Waals surface area contributed by atoms with Crippen LogP contribution in [0.4, 0.5) is 0 Å². The Morgan fingerprint density at radius 2 is 1.95 bits per heavy atom. The van der Waals surface area contributed by atoms with E-state index < -0.39 is 66.7 Å². The minimum Gasteiger partial charge on any atom is -0.481 e. The van der Waals surface area contributed by atoms with Crippen LogP contribution in [0.1, 0.15) is 31.2 Å². The van der Waals surface area contributed by atoms with Crippen molar-refractivity contribution >= 4 is 11.9 Å². The smallest absolute Gasteiger partial charge is 0.333 e. The van der Waals surface area contributed by atoms with Crippen molar-refractivity contribution in [1.82, 2.24) is 0 Å². The SMILES string of the molecule is C=CC1C(OC2OC(CO)C(O)C(O)C2(O)CCCc2ccccc2)CC=C(C(=O)OC)C1CC(=O)O. The zero-order chi connectivity index (χ0) is 27.2. The van der Waals surface area contributed by atoms with E-state index in [1.54, 1.807) is 0 Å². The molecule has 0 bridgehead atoms. The van der Waals surface area contributed by atoms with Crippen molar-refractivity contribution in [2.45, 2.75) is 68.4 Å². The average molecular weight is 521 g/mol. The summed E-state index contributed by atoms with van der Waals surface area (Å²) in [6.07, 6.45) is -2.85. The second kappa shape index (κ2) is 12.8. The maximum absolute atomic E-state index is 12.3. The molecule has 1 aromatic rings. The standard InChI is InChI=1S/C27H36O10/c1-3-17-19(14-22(29)30)18(25(33)35-2)11-12-20(17)36-26-27(34,24(32)23(31)21(15-28)37-26)13-7-10-16-8-5-4-6-9-16/h3-6,8-9,11,17,19-21,23-24,26,28,31-32,34H,1,7,10,12-15H2,2H3,(H,29,30). The molecule has 1 aliphatic carbocycles. The summed E-state index contributed by atoms with van der Waals surface area (Å²) < 4.78 is 16.7. The van der Waals surface area contributed by atoms with E-state index in [9.17, 15) is 35.1 Å². The Balaban J connectivity index is 1.86. The monoisotopic (exact) mass is 520 g/mol. The summed E-state index contributed by atoms with van der Waals surface area (Å²) in [6, 6.07) is 9.56. The second-order valence-corrected chi connectivity index (χ2v) is 9.53. The number of methoxy groups -OCH3 is 1. The number of benzene rings is 1. The van der Waals surface area contributed by atoms with E-state index in [2.05, 4.69) is 6.58 Å². The zero-order valence-corrected chi connectivity index (χ0v) is 20.8. The summed E-state index contributed by atoms with van der Waals surface area (Å²) in [4.78, 5) is 23.9.